The molecule has 1 amide bonds. The smallest absolute Gasteiger partial charge is 0.306 e. The van der Waals surface area contributed by atoms with Gasteiger partial charge in [-0.1, -0.05) is 280 Å². The molecule has 0 spiro atoms. The minimum atomic E-state index is -4.71. The van der Waals surface area contributed by atoms with Gasteiger partial charge in [0.15, 0.2) is 0 Å². The van der Waals surface area contributed by atoms with Gasteiger partial charge >= 0.3 is 5.97 Å². The van der Waals surface area contributed by atoms with Crippen molar-refractivity contribution >= 4 is 19.7 Å². The number of quaternary nitrogens is 1. The number of hydrogen-bond donors (Lipinski definition) is 1. The zero-order valence-electron chi connectivity index (χ0n) is 53.0. The molecule has 0 radical (unpaired) electrons. The first-order valence-electron chi connectivity index (χ1n) is 33.4. The minimum Gasteiger partial charge on any atom is -0.756 e. The number of nitrogens with one attached hydrogen (secondary N) is 1. The summed E-state index contributed by atoms with van der Waals surface area (Å²) >= 11 is 0. The van der Waals surface area contributed by atoms with Crippen LogP contribution in [0.4, 0.5) is 0 Å². The quantitative estimate of drug-likeness (QED) is 0.0161. The Hall–Kier alpha value is -2.81. The lowest BCUT2D eigenvalue weighted by Crippen LogP contribution is -2.47. The summed E-state index contributed by atoms with van der Waals surface area (Å²) in [6.07, 6.45) is 78.5. The van der Waals surface area contributed by atoms with E-state index >= 15 is 0 Å². The molecule has 0 heterocycles. The molecule has 0 bridgehead atoms. The van der Waals surface area contributed by atoms with Crippen molar-refractivity contribution in [1.82, 2.24) is 5.32 Å². The number of likely N-dealkylation sites (N-methyl/N-ethyl adjacent to an activating group) is 1. The summed E-state index contributed by atoms with van der Waals surface area (Å²) in [5.74, 6) is -0.552. The monoisotopic (exact) mass is 1140 g/mol. The third kappa shape index (κ3) is 59.8. The van der Waals surface area contributed by atoms with Crippen molar-refractivity contribution in [2.24, 2.45) is 0 Å². The second kappa shape index (κ2) is 59.4. The van der Waals surface area contributed by atoms with E-state index in [1.807, 2.05) is 33.3 Å². The zero-order valence-corrected chi connectivity index (χ0v) is 53.9. The van der Waals surface area contributed by atoms with Crippen LogP contribution in [0, 0.1) is 0 Å². The van der Waals surface area contributed by atoms with Gasteiger partial charge in [0.05, 0.1) is 33.8 Å². The van der Waals surface area contributed by atoms with E-state index in [1.54, 1.807) is 0 Å². The molecule has 1 N–H and O–H groups in total. The maximum absolute atomic E-state index is 13.5. The van der Waals surface area contributed by atoms with Crippen molar-refractivity contribution in [1.29, 1.82) is 0 Å². The average molecular weight is 1140 g/mol. The number of amides is 1. The Bertz CT molecular complexity index is 1640. The Morgan fingerprint density at radius 3 is 1.32 bits per heavy atom. The van der Waals surface area contributed by atoms with E-state index in [0.717, 1.165) is 89.9 Å². The number of hydrogen-bond acceptors (Lipinski definition) is 7. The molecule has 0 aromatic carbocycles. The number of carbonyl (C=O) groups excluding carboxylic acids is 2. The van der Waals surface area contributed by atoms with Crippen molar-refractivity contribution in [2.75, 3.05) is 40.9 Å². The normalized spacial score (nSPS) is 14.1. The van der Waals surface area contributed by atoms with E-state index in [-0.39, 0.29) is 24.9 Å². The van der Waals surface area contributed by atoms with Crippen molar-refractivity contribution in [2.45, 2.75) is 309 Å². The van der Waals surface area contributed by atoms with Crippen LogP contribution in [0.1, 0.15) is 297 Å². The third-order valence-electron chi connectivity index (χ3n) is 14.6. The number of rotatable bonds is 60. The largest absolute Gasteiger partial charge is 0.756 e. The molecule has 0 saturated heterocycles. The standard InChI is InChI=1S/C70H127N2O7P/c1-7-10-13-16-19-22-25-28-30-31-32-33-34-35-36-37-38-39-40-41-43-45-48-51-54-57-60-63-70(74)79-68(61-58-55-52-49-46-27-24-21-18-15-12-9-3)67(66-78-80(75,76)77-65-64-72(4,5)6)71-69(73)62-59-56-53-50-47-44-42-29-26-23-20-17-14-11-8-2/h11,14,17,19-20,22-23,26,28,30,32-33,58,61,67-68H,7-10,12-13,15-16,18,21,24-25,27,29,31,34-57,59-60,62-66H2,1-6H3,(H-,71,73,75,76)/b14-11+,20-17+,22-19-,26-23+,30-28-,33-32-,61-58-. The Kier molecular flexibility index (Phi) is 57.3. The molecule has 0 fully saturated rings. The van der Waals surface area contributed by atoms with Crippen molar-refractivity contribution in [3.8, 4) is 0 Å². The molecule has 464 valence electrons. The van der Waals surface area contributed by atoms with Gasteiger partial charge in [-0.05, 0) is 89.5 Å². The molecule has 0 saturated carbocycles. The highest BCUT2D eigenvalue weighted by atomic mass is 31.2. The van der Waals surface area contributed by atoms with E-state index in [9.17, 15) is 19.0 Å². The fourth-order valence-corrected chi connectivity index (χ4v) is 10.2. The van der Waals surface area contributed by atoms with Gasteiger partial charge in [0.2, 0.25) is 5.91 Å². The molecule has 0 aromatic rings. The van der Waals surface area contributed by atoms with Gasteiger partial charge in [-0.2, -0.15) is 0 Å². The first-order chi connectivity index (χ1) is 38.9. The van der Waals surface area contributed by atoms with Crippen LogP contribution in [0.3, 0.4) is 0 Å². The van der Waals surface area contributed by atoms with Crippen molar-refractivity contribution in [3.05, 3.63) is 85.1 Å². The summed E-state index contributed by atoms with van der Waals surface area (Å²) in [6.45, 7) is 6.69. The molecule has 9 nitrogen and oxygen atoms in total. The van der Waals surface area contributed by atoms with Crippen LogP contribution in [0.25, 0.3) is 0 Å². The van der Waals surface area contributed by atoms with Crippen LogP contribution in [-0.2, 0) is 27.9 Å². The van der Waals surface area contributed by atoms with Gasteiger partial charge in [-0.15, -0.1) is 0 Å². The van der Waals surface area contributed by atoms with Gasteiger partial charge in [-0.3, -0.25) is 14.2 Å². The van der Waals surface area contributed by atoms with E-state index in [4.69, 9.17) is 13.8 Å². The van der Waals surface area contributed by atoms with E-state index in [0.29, 0.717) is 17.4 Å². The summed E-state index contributed by atoms with van der Waals surface area (Å²) in [7, 11) is 1.17. The predicted octanol–water partition coefficient (Wildman–Crippen LogP) is 20.3. The average Bonchev–Trinajstić information content (AvgIpc) is 3.42. The SMILES string of the molecule is CC/C=C/C=C/C=C/CCCCCCCCCC(=O)NC(COP(=O)([O-])OCC[N+](C)(C)C)C(/C=C\CCCCCCCCCCCC)OC(=O)CCCCCCCCCCCCCCCC/C=C\C/C=C\C/C=C\CCCCC. The molecule has 80 heavy (non-hydrogen) atoms. The predicted molar refractivity (Wildman–Crippen MR) is 344 cm³/mol. The lowest BCUT2D eigenvalue weighted by molar-refractivity contribution is -0.870. The Labute approximate surface area is 495 Å². The summed E-state index contributed by atoms with van der Waals surface area (Å²) in [5, 5.41) is 3.03. The molecule has 0 rings (SSSR count). The summed E-state index contributed by atoms with van der Waals surface area (Å²) in [5.41, 5.74) is 0. The number of unbranched alkanes of at least 4 members (excludes halogenated alkanes) is 34. The highest BCUT2D eigenvalue weighted by Crippen LogP contribution is 2.38. The summed E-state index contributed by atoms with van der Waals surface area (Å²) in [6, 6.07) is -0.898. The number of nitrogens with zero attached hydrogens (tertiary/aromatic N) is 1. The molecular weight excluding hydrogens is 1010 g/mol. The van der Waals surface area contributed by atoms with Crippen LogP contribution in [-0.4, -0.2) is 69.4 Å². The number of ether oxygens (including phenoxy) is 1. The van der Waals surface area contributed by atoms with Crippen molar-refractivity contribution < 1.29 is 37.3 Å². The molecule has 0 aromatic heterocycles. The zero-order chi connectivity index (χ0) is 58.6. The molecule has 0 aliphatic heterocycles. The van der Waals surface area contributed by atoms with Gasteiger partial charge in [0, 0.05) is 12.8 Å². The Morgan fingerprint density at radius 1 is 0.463 bits per heavy atom. The van der Waals surface area contributed by atoms with Crippen molar-refractivity contribution in [3.63, 3.8) is 0 Å². The topological polar surface area (TPSA) is 114 Å². The second-order valence-electron chi connectivity index (χ2n) is 23.7. The van der Waals surface area contributed by atoms with Gasteiger partial charge < -0.3 is 28.5 Å². The number of carbonyl (C=O) groups is 2. The minimum absolute atomic E-state index is 0.0274. The lowest BCUT2D eigenvalue weighted by Gasteiger charge is -2.30. The van der Waals surface area contributed by atoms with E-state index in [2.05, 4.69) is 99.0 Å². The molecule has 0 aliphatic carbocycles. The van der Waals surface area contributed by atoms with Gasteiger partial charge in [0.1, 0.15) is 19.3 Å². The van der Waals surface area contributed by atoms with Crippen LogP contribution in [0.15, 0.2) is 85.1 Å². The molecular formula is C70H127N2O7P. The van der Waals surface area contributed by atoms with Gasteiger partial charge in [0.25, 0.3) is 7.82 Å². The van der Waals surface area contributed by atoms with Crippen LogP contribution < -0.4 is 10.2 Å². The second-order valence-corrected chi connectivity index (χ2v) is 25.1. The maximum atomic E-state index is 13.5. The van der Waals surface area contributed by atoms with Gasteiger partial charge in [-0.25, -0.2) is 0 Å². The number of phosphoric acid groups is 1. The van der Waals surface area contributed by atoms with Crippen LogP contribution in [0.2, 0.25) is 0 Å². The third-order valence-corrected chi connectivity index (χ3v) is 15.6. The number of phosphoric ester groups is 1. The number of esters is 1. The van der Waals surface area contributed by atoms with Crippen LogP contribution in [0.5, 0.6) is 0 Å². The molecule has 3 unspecified atom stereocenters. The van der Waals surface area contributed by atoms with E-state index in [1.165, 1.54) is 173 Å². The first kappa shape index (κ1) is 77.2. The molecule has 3 atom stereocenters. The fraction of sp³-hybridized carbons (Fsp3) is 0.771. The summed E-state index contributed by atoms with van der Waals surface area (Å²) in [4.78, 5) is 40.1. The maximum Gasteiger partial charge on any atom is 0.306 e. The highest BCUT2D eigenvalue weighted by Gasteiger charge is 2.27. The van der Waals surface area contributed by atoms with E-state index < -0.39 is 26.6 Å². The first-order valence-corrected chi connectivity index (χ1v) is 34.9. The highest BCUT2D eigenvalue weighted by molar-refractivity contribution is 7.45. The molecule has 10 heteroatoms. The lowest BCUT2D eigenvalue weighted by atomic mass is 10.0. The number of allylic oxidation sites excluding steroid dienone is 13. The molecule has 0 aliphatic rings. The van der Waals surface area contributed by atoms with Crippen LogP contribution >= 0.6 is 7.82 Å². The summed E-state index contributed by atoms with van der Waals surface area (Å²) < 4.78 is 30.4. The Balaban J connectivity index is 5.05. The Morgan fingerprint density at radius 2 is 0.850 bits per heavy atom. The fourth-order valence-electron chi connectivity index (χ4n) is 9.47.